The number of nitrogens with one attached hydrogen (secondary N) is 1. The lowest BCUT2D eigenvalue weighted by atomic mass is 10.2. The third-order valence-electron chi connectivity index (χ3n) is 2.49. The van der Waals surface area contributed by atoms with E-state index in [0.717, 1.165) is 5.56 Å². The molecule has 0 aromatic heterocycles. The van der Waals surface area contributed by atoms with E-state index in [9.17, 15) is 14.4 Å². The number of hydrogen-bond acceptors (Lipinski definition) is 4. The molecule has 0 unspecified atom stereocenters. The molecule has 0 aliphatic heterocycles. The van der Waals surface area contributed by atoms with Crippen molar-refractivity contribution in [1.82, 2.24) is 10.2 Å². The van der Waals surface area contributed by atoms with E-state index in [1.54, 1.807) is 20.2 Å². The number of carbonyl (C=O) groups excluding carboxylic acids is 3. The van der Waals surface area contributed by atoms with Crippen LogP contribution in [0.25, 0.3) is 6.08 Å². The summed E-state index contributed by atoms with van der Waals surface area (Å²) in [5.41, 5.74) is 0.881. The molecule has 0 aliphatic carbocycles. The third-order valence-corrected chi connectivity index (χ3v) is 2.49. The first-order chi connectivity index (χ1) is 9.99. The van der Waals surface area contributed by atoms with Crippen molar-refractivity contribution in [3.05, 3.63) is 42.0 Å². The van der Waals surface area contributed by atoms with E-state index in [2.05, 4.69) is 5.32 Å². The van der Waals surface area contributed by atoms with Gasteiger partial charge in [0.25, 0.3) is 5.91 Å². The summed E-state index contributed by atoms with van der Waals surface area (Å²) in [5.74, 6) is -1.39. The minimum Gasteiger partial charge on any atom is -0.454 e. The van der Waals surface area contributed by atoms with Crippen LogP contribution in [-0.2, 0) is 19.1 Å². The fraction of sp³-hybridized carbons (Fsp3) is 0.267. The van der Waals surface area contributed by atoms with Crippen molar-refractivity contribution in [1.29, 1.82) is 0 Å². The van der Waals surface area contributed by atoms with Crippen LogP contribution in [0.2, 0.25) is 0 Å². The number of esters is 1. The van der Waals surface area contributed by atoms with Gasteiger partial charge in [-0.25, -0.2) is 0 Å². The first-order valence-electron chi connectivity index (χ1n) is 6.36. The van der Waals surface area contributed by atoms with Crippen LogP contribution in [0.5, 0.6) is 0 Å². The highest BCUT2D eigenvalue weighted by atomic mass is 16.5. The summed E-state index contributed by atoms with van der Waals surface area (Å²) >= 11 is 0. The second-order valence-corrected chi connectivity index (χ2v) is 4.41. The van der Waals surface area contributed by atoms with E-state index in [4.69, 9.17) is 4.74 Å². The standard InChI is InChI=1S/C15H18N2O4/c1-17(2)14(19)11-21-15(20)10-16-13(18)9-8-12-6-4-3-5-7-12/h3-9H,10-11H2,1-2H3,(H,16,18)/b9-8+. The number of rotatable bonds is 6. The number of benzene rings is 1. The Balaban J connectivity index is 2.28. The number of amides is 2. The Morgan fingerprint density at radius 1 is 1.19 bits per heavy atom. The highest BCUT2D eigenvalue weighted by molar-refractivity contribution is 5.93. The Morgan fingerprint density at radius 3 is 2.48 bits per heavy atom. The first kappa shape index (κ1) is 16.4. The summed E-state index contributed by atoms with van der Waals surface area (Å²) in [6.45, 7) is -0.611. The molecule has 1 N–H and O–H groups in total. The Morgan fingerprint density at radius 2 is 1.86 bits per heavy atom. The molecule has 1 aromatic rings. The molecular weight excluding hydrogens is 272 g/mol. The molecule has 0 fully saturated rings. The molecule has 0 heterocycles. The quantitative estimate of drug-likeness (QED) is 0.609. The molecule has 0 bridgehead atoms. The summed E-state index contributed by atoms with van der Waals surface area (Å²) in [5, 5.41) is 2.38. The second-order valence-electron chi connectivity index (χ2n) is 4.41. The predicted octanol–water partition coefficient (Wildman–Crippen LogP) is 0.447. The monoisotopic (exact) mass is 290 g/mol. The number of hydrogen-bond donors (Lipinski definition) is 1. The average molecular weight is 290 g/mol. The molecule has 0 saturated heterocycles. The number of ether oxygens (including phenoxy) is 1. The molecule has 0 atom stereocenters. The maximum atomic E-state index is 11.5. The fourth-order valence-corrected chi connectivity index (χ4v) is 1.28. The normalized spacial score (nSPS) is 10.2. The summed E-state index contributed by atoms with van der Waals surface area (Å²) in [4.78, 5) is 35.3. The van der Waals surface area contributed by atoms with Crippen LogP contribution in [-0.4, -0.2) is 49.9 Å². The second kappa shape index (κ2) is 8.52. The van der Waals surface area contributed by atoms with Gasteiger partial charge in [-0.1, -0.05) is 30.3 Å². The SMILES string of the molecule is CN(C)C(=O)COC(=O)CNC(=O)/C=C/c1ccccc1. The van der Waals surface area contributed by atoms with Gasteiger partial charge in [0.05, 0.1) is 0 Å². The van der Waals surface area contributed by atoms with Crippen molar-refractivity contribution < 1.29 is 19.1 Å². The molecular formula is C15H18N2O4. The highest BCUT2D eigenvalue weighted by Gasteiger charge is 2.09. The molecule has 0 spiro atoms. The van der Waals surface area contributed by atoms with Crippen LogP contribution < -0.4 is 5.32 Å². The van der Waals surface area contributed by atoms with Gasteiger partial charge < -0.3 is 15.0 Å². The van der Waals surface area contributed by atoms with Gasteiger partial charge in [0.2, 0.25) is 5.91 Å². The average Bonchev–Trinajstić information content (AvgIpc) is 2.49. The number of nitrogens with zero attached hydrogens (tertiary/aromatic N) is 1. The first-order valence-corrected chi connectivity index (χ1v) is 6.36. The smallest absolute Gasteiger partial charge is 0.325 e. The van der Waals surface area contributed by atoms with Gasteiger partial charge in [-0.2, -0.15) is 0 Å². The van der Waals surface area contributed by atoms with Gasteiger partial charge in [0.1, 0.15) is 6.54 Å². The Labute approximate surface area is 123 Å². The van der Waals surface area contributed by atoms with Gasteiger partial charge in [0.15, 0.2) is 6.61 Å². The summed E-state index contributed by atoms with van der Waals surface area (Å²) in [6.07, 6.45) is 2.96. The van der Waals surface area contributed by atoms with Crippen LogP contribution in [0.15, 0.2) is 36.4 Å². The molecule has 21 heavy (non-hydrogen) atoms. The Kier molecular flexibility index (Phi) is 6.67. The summed E-state index contributed by atoms with van der Waals surface area (Å²) in [7, 11) is 3.12. The maximum Gasteiger partial charge on any atom is 0.325 e. The van der Waals surface area contributed by atoms with Crippen LogP contribution in [0.4, 0.5) is 0 Å². The van der Waals surface area contributed by atoms with E-state index in [0.29, 0.717) is 0 Å². The zero-order valence-corrected chi connectivity index (χ0v) is 12.0. The van der Waals surface area contributed by atoms with Gasteiger partial charge in [-0.15, -0.1) is 0 Å². The molecule has 112 valence electrons. The number of carbonyl (C=O) groups is 3. The molecule has 0 aliphatic rings. The molecule has 2 amide bonds. The van der Waals surface area contributed by atoms with E-state index >= 15 is 0 Å². The van der Waals surface area contributed by atoms with E-state index in [1.165, 1.54) is 11.0 Å². The minimum absolute atomic E-state index is 0.279. The van der Waals surface area contributed by atoms with Crippen molar-refractivity contribution in [2.45, 2.75) is 0 Å². The maximum absolute atomic E-state index is 11.5. The van der Waals surface area contributed by atoms with E-state index in [-0.39, 0.29) is 19.1 Å². The van der Waals surface area contributed by atoms with Crippen molar-refractivity contribution in [3.8, 4) is 0 Å². The van der Waals surface area contributed by atoms with Crippen LogP contribution in [0.1, 0.15) is 5.56 Å². The fourth-order valence-electron chi connectivity index (χ4n) is 1.28. The largest absolute Gasteiger partial charge is 0.454 e. The summed E-state index contributed by atoms with van der Waals surface area (Å²) in [6, 6.07) is 9.30. The topological polar surface area (TPSA) is 75.7 Å². The Bertz CT molecular complexity index is 524. The van der Waals surface area contributed by atoms with Crippen LogP contribution >= 0.6 is 0 Å². The van der Waals surface area contributed by atoms with Crippen molar-refractivity contribution in [2.24, 2.45) is 0 Å². The van der Waals surface area contributed by atoms with Gasteiger partial charge >= 0.3 is 5.97 Å². The minimum atomic E-state index is -0.660. The lowest BCUT2D eigenvalue weighted by Gasteiger charge is -2.10. The molecule has 0 saturated carbocycles. The predicted molar refractivity (Wildman–Crippen MR) is 78.1 cm³/mol. The zero-order valence-electron chi connectivity index (χ0n) is 12.0. The molecule has 6 nitrogen and oxygen atoms in total. The van der Waals surface area contributed by atoms with Crippen molar-refractivity contribution in [2.75, 3.05) is 27.2 Å². The van der Waals surface area contributed by atoms with Gasteiger partial charge in [-0.05, 0) is 11.6 Å². The Hall–Kier alpha value is -2.63. The van der Waals surface area contributed by atoms with Crippen LogP contribution in [0, 0.1) is 0 Å². The molecule has 0 radical (unpaired) electrons. The van der Waals surface area contributed by atoms with Crippen molar-refractivity contribution >= 4 is 23.9 Å². The third kappa shape index (κ3) is 6.91. The van der Waals surface area contributed by atoms with Gasteiger partial charge in [0, 0.05) is 20.2 Å². The molecule has 6 heteroatoms. The lowest BCUT2D eigenvalue weighted by Crippen LogP contribution is -2.32. The zero-order chi connectivity index (χ0) is 15.7. The van der Waals surface area contributed by atoms with Crippen LogP contribution in [0.3, 0.4) is 0 Å². The van der Waals surface area contributed by atoms with Gasteiger partial charge in [-0.3, -0.25) is 14.4 Å². The van der Waals surface area contributed by atoms with E-state index in [1.807, 2.05) is 30.3 Å². The molecule has 1 aromatic carbocycles. The van der Waals surface area contributed by atoms with Crippen molar-refractivity contribution in [3.63, 3.8) is 0 Å². The highest BCUT2D eigenvalue weighted by Crippen LogP contribution is 2.00. The molecule has 1 rings (SSSR count). The summed E-state index contributed by atoms with van der Waals surface area (Å²) < 4.78 is 4.71. The van der Waals surface area contributed by atoms with E-state index < -0.39 is 11.9 Å². The number of likely N-dealkylation sites (N-methyl/N-ethyl adjacent to an activating group) is 1. The lowest BCUT2D eigenvalue weighted by molar-refractivity contribution is -0.150.